The Morgan fingerprint density at radius 3 is 2.56 bits per heavy atom. The molecule has 0 aliphatic carbocycles. The molecule has 0 fully saturated rings. The van der Waals surface area contributed by atoms with Crippen molar-refractivity contribution in [2.75, 3.05) is 19.0 Å². The van der Waals surface area contributed by atoms with Crippen molar-refractivity contribution >= 4 is 28.3 Å². The van der Waals surface area contributed by atoms with E-state index >= 15 is 0 Å². The van der Waals surface area contributed by atoms with Gasteiger partial charge in [-0.3, -0.25) is 9.59 Å². The summed E-state index contributed by atoms with van der Waals surface area (Å²) in [4.78, 5) is 24.2. The number of fused-ring (bicyclic) bond motifs is 1. The van der Waals surface area contributed by atoms with Crippen LogP contribution in [0.3, 0.4) is 0 Å². The van der Waals surface area contributed by atoms with Gasteiger partial charge in [0.2, 0.25) is 11.8 Å². The number of nitrogens with one attached hydrogen (secondary N) is 2. The van der Waals surface area contributed by atoms with Crippen LogP contribution in [0.4, 0.5) is 10.1 Å². The van der Waals surface area contributed by atoms with Crippen LogP contribution >= 0.6 is 0 Å². The fourth-order valence-electron chi connectivity index (χ4n) is 2.81. The Bertz CT molecular complexity index is 983. The summed E-state index contributed by atoms with van der Waals surface area (Å²) in [5.41, 5.74) is 1.19. The van der Waals surface area contributed by atoms with Crippen LogP contribution in [-0.2, 0) is 16.0 Å². The third-order valence-corrected chi connectivity index (χ3v) is 4.11. The lowest BCUT2D eigenvalue weighted by molar-refractivity contribution is -0.123. The molecule has 0 unspecified atom stereocenters. The number of rotatable bonds is 6. The van der Waals surface area contributed by atoms with Gasteiger partial charge in [0.15, 0.2) is 11.6 Å². The Labute approximate surface area is 156 Å². The number of carbonyl (C=O) groups excluding carboxylic acids is 2. The maximum Gasteiger partial charge on any atom is 0.243 e. The zero-order chi connectivity index (χ0) is 19.2. The first-order chi connectivity index (χ1) is 13.1. The molecular formula is C21H19FN2O3. The molecule has 138 valence electrons. The van der Waals surface area contributed by atoms with E-state index in [0.717, 1.165) is 22.4 Å². The van der Waals surface area contributed by atoms with Gasteiger partial charge in [0, 0.05) is 11.8 Å². The molecular weight excluding hydrogens is 347 g/mol. The molecule has 0 saturated heterocycles. The zero-order valence-electron chi connectivity index (χ0n) is 14.8. The molecule has 2 amide bonds. The van der Waals surface area contributed by atoms with Crippen LogP contribution in [0.15, 0.2) is 60.7 Å². The van der Waals surface area contributed by atoms with Crippen LogP contribution in [0.1, 0.15) is 5.56 Å². The molecule has 5 nitrogen and oxygen atoms in total. The van der Waals surface area contributed by atoms with Crippen molar-refractivity contribution in [1.29, 1.82) is 0 Å². The second-order valence-electron chi connectivity index (χ2n) is 5.99. The van der Waals surface area contributed by atoms with Crippen LogP contribution in [0.2, 0.25) is 0 Å². The van der Waals surface area contributed by atoms with Crippen LogP contribution in [0.5, 0.6) is 5.75 Å². The zero-order valence-corrected chi connectivity index (χ0v) is 14.8. The second kappa shape index (κ2) is 8.31. The highest BCUT2D eigenvalue weighted by Crippen LogP contribution is 2.21. The van der Waals surface area contributed by atoms with Gasteiger partial charge in [-0.2, -0.15) is 0 Å². The Morgan fingerprint density at radius 2 is 1.78 bits per heavy atom. The summed E-state index contributed by atoms with van der Waals surface area (Å²) in [5.74, 6) is -1.18. The summed E-state index contributed by atoms with van der Waals surface area (Å²) < 4.78 is 18.5. The fourth-order valence-corrected chi connectivity index (χ4v) is 2.81. The number of carbonyl (C=O) groups is 2. The highest BCUT2D eigenvalue weighted by atomic mass is 19.1. The van der Waals surface area contributed by atoms with E-state index in [1.165, 1.54) is 19.2 Å². The predicted molar refractivity (Wildman–Crippen MR) is 102 cm³/mol. The highest BCUT2D eigenvalue weighted by Gasteiger charge is 2.10. The van der Waals surface area contributed by atoms with Crippen molar-refractivity contribution in [3.8, 4) is 5.75 Å². The summed E-state index contributed by atoms with van der Waals surface area (Å²) in [6.45, 7) is -0.197. The molecule has 0 aromatic heterocycles. The number of amides is 2. The number of anilines is 1. The number of benzene rings is 3. The quantitative estimate of drug-likeness (QED) is 0.704. The van der Waals surface area contributed by atoms with Crippen molar-refractivity contribution in [2.45, 2.75) is 6.42 Å². The summed E-state index contributed by atoms with van der Waals surface area (Å²) >= 11 is 0. The normalized spacial score (nSPS) is 10.4. The number of ether oxygens (including phenoxy) is 1. The summed E-state index contributed by atoms with van der Waals surface area (Å²) in [5, 5.41) is 7.18. The first-order valence-electron chi connectivity index (χ1n) is 8.43. The number of methoxy groups -OCH3 is 1. The van der Waals surface area contributed by atoms with Gasteiger partial charge in [0.05, 0.1) is 20.1 Å². The van der Waals surface area contributed by atoms with Gasteiger partial charge in [-0.1, -0.05) is 42.5 Å². The Kier molecular flexibility index (Phi) is 5.66. The van der Waals surface area contributed by atoms with Gasteiger partial charge >= 0.3 is 0 Å². The van der Waals surface area contributed by atoms with Gasteiger partial charge in [0.25, 0.3) is 0 Å². The third kappa shape index (κ3) is 4.61. The van der Waals surface area contributed by atoms with Gasteiger partial charge < -0.3 is 15.4 Å². The van der Waals surface area contributed by atoms with Gasteiger partial charge in [0.1, 0.15) is 0 Å². The Hall–Kier alpha value is -3.41. The molecule has 2 N–H and O–H groups in total. The van der Waals surface area contributed by atoms with Crippen LogP contribution < -0.4 is 15.4 Å². The third-order valence-electron chi connectivity index (χ3n) is 4.11. The van der Waals surface area contributed by atoms with Crippen molar-refractivity contribution in [2.24, 2.45) is 0 Å². The number of halogens is 1. The average Bonchev–Trinajstić information content (AvgIpc) is 2.67. The van der Waals surface area contributed by atoms with E-state index in [-0.39, 0.29) is 24.6 Å². The number of hydrogen-bond acceptors (Lipinski definition) is 3. The van der Waals surface area contributed by atoms with Crippen LogP contribution in [0.25, 0.3) is 10.8 Å². The molecule has 6 heteroatoms. The van der Waals surface area contributed by atoms with E-state index in [1.807, 2.05) is 42.5 Å². The van der Waals surface area contributed by atoms with E-state index in [1.54, 1.807) is 0 Å². The lowest BCUT2D eigenvalue weighted by atomic mass is 10.0. The lowest BCUT2D eigenvalue weighted by Gasteiger charge is -2.09. The van der Waals surface area contributed by atoms with Gasteiger partial charge in [-0.15, -0.1) is 0 Å². The van der Waals surface area contributed by atoms with E-state index in [0.29, 0.717) is 5.69 Å². The first-order valence-corrected chi connectivity index (χ1v) is 8.43. The lowest BCUT2D eigenvalue weighted by Crippen LogP contribution is -2.33. The minimum atomic E-state index is -0.574. The molecule has 0 aliphatic heterocycles. The topological polar surface area (TPSA) is 67.4 Å². The molecule has 0 heterocycles. The SMILES string of the molecule is COc1ccc(NC(=O)CNC(=O)Cc2cccc3ccccc23)cc1F. The van der Waals surface area contributed by atoms with Gasteiger partial charge in [-0.05, 0) is 28.5 Å². The molecule has 0 saturated carbocycles. The van der Waals surface area contributed by atoms with Crippen molar-refractivity contribution in [3.05, 3.63) is 72.0 Å². The molecule has 0 aliphatic rings. The maximum absolute atomic E-state index is 13.6. The van der Waals surface area contributed by atoms with Crippen molar-refractivity contribution < 1.29 is 18.7 Å². The highest BCUT2D eigenvalue weighted by molar-refractivity contribution is 5.95. The van der Waals surface area contributed by atoms with E-state index in [9.17, 15) is 14.0 Å². The molecule has 0 atom stereocenters. The molecule has 27 heavy (non-hydrogen) atoms. The largest absolute Gasteiger partial charge is 0.494 e. The molecule has 3 aromatic carbocycles. The standard InChI is InChI=1S/C21H19FN2O3/c1-27-19-10-9-16(12-18(19)22)24-21(26)13-23-20(25)11-15-7-4-6-14-5-2-3-8-17(14)15/h2-10,12H,11,13H2,1H3,(H,23,25)(H,24,26). The monoisotopic (exact) mass is 366 g/mol. The smallest absolute Gasteiger partial charge is 0.243 e. The van der Waals surface area contributed by atoms with E-state index in [4.69, 9.17) is 4.74 Å². The summed E-state index contributed by atoms with van der Waals surface area (Å²) in [6.07, 6.45) is 0.172. The molecule has 0 spiro atoms. The van der Waals surface area contributed by atoms with Crippen molar-refractivity contribution in [1.82, 2.24) is 5.32 Å². The number of hydrogen-bond donors (Lipinski definition) is 2. The second-order valence-corrected chi connectivity index (χ2v) is 5.99. The fraction of sp³-hybridized carbons (Fsp3) is 0.143. The van der Waals surface area contributed by atoms with Crippen molar-refractivity contribution in [3.63, 3.8) is 0 Å². The Balaban J connectivity index is 1.55. The van der Waals surface area contributed by atoms with E-state index in [2.05, 4.69) is 10.6 Å². The summed E-state index contributed by atoms with van der Waals surface area (Å²) in [6, 6.07) is 17.7. The minimum absolute atomic E-state index is 0.0939. The maximum atomic E-state index is 13.6. The average molecular weight is 366 g/mol. The van der Waals surface area contributed by atoms with Crippen LogP contribution in [-0.4, -0.2) is 25.5 Å². The predicted octanol–water partition coefficient (Wildman–Crippen LogP) is 3.28. The molecule has 0 radical (unpaired) electrons. The first kappa shape index (κ1) is 18.4. The molecule has 0 bridgehead atoms. The molecule has 3 aromatic rings. The summed E-state index contributed by atoms with van der Waals surface area (Å²) in [7, 11) is 1.36. The molecule has 3 rings (SSSR count). The Morgan fingerprint density at radius 1 is 1.00 bits per heavy atom. The van der Waals surface area contributed by atoms with Crippen LogP contribution in [0, 0.1) is 5.82 Å². The van der Waals surface area contributed by atoms with Gasteiger partial charge in [-0.25, -0.2) is 4.39 Å². The minimum Gasteiger partial charge on any atom is -0.494 e. The van der Waals surface area contributed by atoms with E-state index < -0.39 is 11.7 Å².